The Kier molecular flexibility index (Phi) is 6.44. The molecule has 0 radical (unpaired) electrons. The summed E-state index contributed by atoms with van der Waals surface area (Å²) in [5.74, 6) is 0.253. The van der Waals surface area contributed by atoms with Gasteiger partial charge in [-0.3, -0.25) is 4.79 Å². The Morgan fingerprint density at radius 1 is 1.58 bits per heavy atom. The zero-order chi connectivity index (χ0) is 9.56. The number of carbonyl (C=O) groups excluding carboxylic acids is 1. The lowest BCUT2D eigenvalue weighted by molar-refractivity contribution is -0.129. The molecule has 0 heterocycles. The average molecular weight is 236 g/mol. The average Bonchev–Trinajstić information content (AvgIpc) is 1.98. The molecule has 12 heavy (non-hydrogen) atoms. The quantitative estimate of drug-likeness (QED) is 0.671. The Balaban J connectivity index is 3.61. The predicted molar refractivity (Wildman–Crippen MR) is 55.6 cm³/mol. The maximum Gasteiger partial charge on any atom is 0.222 e. The molecule has 2 nitrogen and oxygen atoms in total. The predicted octanol–water partition coefficient (Wildman–Crippen LogP) is 2.42. The van der Waals surface area contributed by atoms with Crippen molar-refractivity contribution in [1.82, 2.24) is 4.90 Å². The number of hydrogen-bond donors (Lipinski definition) is 0. The fourth-order valence-corrected chi connectivity index (χ4v) is 1.43. The van der Waals surface area contributed by atoms with Crippen LogP contribution in [0.15, 0.2) is 0 Å². The second-order valence-corrected chi connectivity index (χ2v) is 4.72. The molecule has 3 heteroatoms. The molecule has 0 saturated carbocycles. The molecule has 0 saturated heterocycles. The van der Waals surface area contributed by atoms with Crippen LogP contribution in [0.3, 0.4) is 0 Å². The van der Waals surface area contributed by atoms with E-state index in [2.05, 4.69) is 22.9 Å². The van der Waals surface area contributed by atoms with Crippen molar-refractivity contribution < 1.29 is 4.79 Å². The van der Waals surface area contributed by atoms with E-state index in [0.717, 1.165) is 19.4 Å². The maximum atomic E-state index is 11.3. The first-order chi connectivity index (χ1) is 5.57. The van der Waals surface area contributed by atoms with E-state index in [4.69, 9.17) is 0 Å². The Morgan fingerprint density at radius 3 is 2.58 bits per heavy atom. The first kappa shape index (κ1) is 11.9. The van der Waals surface area contributed by atoms with E-state index >= 15 is 0 Å². The van der Waals surface area contributed by atoms with Crippen molar-refractivity contribution in [2.24, 2.45) is 0 Å². The van der Waals surface area contributed by atoms with Gasteiger partial charge in [0, 0.05) is 24.8 Å². The largest absolute Gasteiger partial charge is 0.345 e. The molecule has 0 rings (SSSR count). The second kappa shape index (κ2) is 6.46. The van der Waals surface area contributed by atoms with Gasteiger partial charge >= 0.3 is 0 Å². The topological polar surface area (TPSA) is 20.3 Å². The third-order valence-electron chi connectivity index (χ3n) is 1.70. The van der Waals surface area contributed by atoms with Gasteiger partial charge in [-0.25, -0.2) is 0 Å². The van der Waals surface area contributed by atoms with E-state index in [-0.39, 0.29) is 5.91 Å². The van der Waals surface area contributed by atoms with E-state index < -0.39 is 0 Å². The Morgan fingerprint density at radius 2 is 2.17 bits per heavy atom. The summed E-state index contributed by atoms with van der Waals surface area (Å²) in [7, 11) is 1.86. The minimum absolute atomic E-state index is 0.253. The fourth-order valence-electron chi connectivity index (χ4n) is 0.998. The van der Waals surface area contributed by atoms with Crippen LogP contribution in [0.25, 0.3) is 0 Å². The summed E-state index contributed by atoms with van der Waals surface area (Å²) in [5.41, 5.74) is 0. The zero-order valence-corrected chi connectivity index (χ0v) is 9.73. The van der Waals surface area contributed by atoms with Gasteiger partial charge in [-0.1, -0.05) is 36.2 Å². The minimum atomic E-state index is 0.253. The van der Waals surface area contributed by atoms with Crippen molar-refractivity contribution >= 4 is 21.8 Å². The summed E-state index contributed by atoms with van der Waals surface area (Å²) in [4.78, 5) is 13.5. The highest BCUT2D eigenvalue weighted by molar-refractivity contribution is 9.09. The van der Waals surface area contributed by atoms with Gasteiger partial charge in [-0.2, -0.15) is 0 Å². The minimum Gasteiger partial charge on any atom is -0.345 e. The molecule has 1 atom stereocenters. The normalized spacial score (nSPS) is 12.7. The monoisotopic (exact) mass is 235 g/mol. The van der Waals surface area contributed by atoms with Gasteiger partial charge < -0.3 is 4.90 Å². The maximum absolute atomic E-state index is 11.3. The second-order valence-electron chi connectivity index (χ2n) is 3.16. The number of hydrogen-bond acceptors (Lipinski definition) is 1. The van der Waals surface area contributed by atoms with E-state index in [1.807, 2.05) is 14.0 Å². The van der Waals surface area contributed by atoms with Crippen LogP contribution in [0.5, 0.6) is 0 Å². The Labute approximate surface area is 83.4 Å². The van der Waals surface area contributed by atoms with Crippen LogP contribution in [0.4, 0.5) is 0 Å². The molecule has 0 aromatic carbocycles. The smallest absolute Gasteiger partial charge is 0.222 e. The molecule has 0 aliphatic heterocycles. The van der Waals surface area contributed by atoms with E-state index in [1.54, 1.807) is 4.90 Å². The molecule has 0 fully saturated rings. The van der Waals surface area contributed by atoms with Crippen LogP contribution in [-0.2, 0) is 4.79 Å². The van der Waals surface area contributed by atoms with Crippen molar-refractivity contribution in [2.75, 3.05) is 13.6 Å². The van der Waals surface area contributed by atoms with Crippen LogP contribution >= 0.6 is 15.9 Å². The molecular weight excluding hydrogens is 218 g/mol. The first-order valence-electron chi connectivity index (χ1n) is 4.46. The van der Waals surface area contributed by atoms with Crippen LogP contribution < -0.4 is 0 Å². The van der Waals surface area contributed by atoms with Crippen molar-refractivity contribution in [3.05, 3.63) is 0 Å². The van der Waals surface area contributed by atoms with Gasteiger partial charge in [0.1, 0.15) is 0 Å². The molecular formula is C9H18BrNO. The molecule has 0 aliphatic carbocycles. The van der Waals surface area contributed by atoms with Crippen molar-refractivity contribution in [1.29, 1.82) is 0 Å². The molecule has 0 aromatic heterocycles. The van der Waals surface area contributed by atoms with Crippen LogP contribution in [0, 0.1) is 0 Å². The Hall–Kier alpha value is -0.0500. The van der Waals surface area contributed by atoms with Crippen LogP contribution in [-0.4, -0.2) is 29.2 Å². The number of amides is 1. The van der Waals surface area contributed by atoms with Crippen LogP contribution in [0.2, 0.25) is 0 Å². The summed E-state index contributed by atoms with van der Waals surface area (Å²) >= 11 is 3.42. The van der Waals surface area contributed by atoms with Gasteiger partial charge in [0.05, 0.1) is 0 Å². The molecule has 72 valence electrons. The summed E-state index contributed by atoms with van der Waals surface area (Å²) in [6.45, 7) is 4.94. The molecule has 0 bridgehead atoms. The summed E-state index contributed by atoms with van der Waals surface area (Å²) in [5, 5.41) is 0. The third kappa shape index (κ3) is 5.58. The molecule has 0 aromatic rings. The summed E-state index contributed by atoms with van der Waals surface area (Å²) in [6, 6.07) is 0. The molecule has 0 aliphatic rings. The van der Waals surface area contributed by atoms with Gasteiger partial charge in [0.15, 0.2) is 0 Å². The standard InChI is InChI=1S/C9H18BrNO/c1-4-5-6-9(12)11(3)7-8(2)10/h8H,4-7H2,1-3H3. The van der Waals surface area contributed by atoms with E-state index in [9.17, 15) is 4.79 Å². The molecule has 1 unspecified atom stereocenters. The van der Waals surface area contributed by atoms with E-state index in [0.29, 0.717) is 11.2 Å². The van der Waals surface area contributed by atoms with Crippen molar-refractivity contribution in [3.63, 3.8) is 0 Å². The summed E-state index contributed by atoms with van der Waals surface area (Å²) < 4.78 is 0. The zero-order valence-electron chi connectivity index (χ0n) is 8.14. The Bertz CT molecular complexity index is 136. The lowest BCUT2D eigenvalue weighted by atomic mass is 10.2. The van der Waals surface area contributed by atoms with Crippen LogP contribution in [0.1, 0.15) is 33.1 Å². The molecule has 0 spiro atoms. The lowest BCUT2D eigenvalue weighted by Gasteiger charge is -2.18. The lowest BCUT2D eigenvalue weighted by Crippen LogP contribution is -2.30. The van der Waals surface area contributed by atoms with Crippen molar-refractivity contribution in [2.45, 2.75) is 37.9 Å². The number of nitrogens with zero attached hydrogens (tertiary/aromatic N) is 1. The first-order valence-corrected chi connectivity index (χ1v) is 5.37. The van der Waals surface area contributed by atoms with Gasteiger partial charge in [-0.05, 0) is 6.42 Å². The number of alkyl halides is 1. The number of rotatable bonds is 5. The molecule has 1 amide bonds. The fraction of sp³-hybridized carbons (Fsp3) is 0.889. The summed E-state index contributed by atoms with van der Waals surface area (Å²) in [6.07, 6.45) is 2.77. The van der Waals surface area contributed by atoms with Gasteiger partial charge in [-0.15, -0.1) is 0 Å². The number of unbranched alkanes of at least 4 members (excludes halogenated alkanes) is 1. The SMILES string of the molecule is CCCCC(=O)N(C)CC(C)Br. The molecule has 0 N–H and O–H groups in total. The number of carbonyl (C=O) groups is 1. The number of halogens is 1. The highest BCUT2D eigenvalue weighted by atomic mass is 79.9. The van der Waals surface area contributed by atoms with Crippen molar-refractivity contribution in [3.8, 4) is 0 Å². The third-order valence-corrected chi connectivity index (χ3v) is 1.98. The van der Waals surface area contributed by atoms with Gasteiger partial charge in [0.25, 0.3) is 0 Å². The highest BCUT2D eigenvalue weighted by Crippen LogP contribution is 2.03. The highest BCUT2D eigenvalue weighted by Gasteiger charge is 2.09. The van der Waals surface area contributed by atoms with Gasteiger partial charge in [0.2, 0.25) is 5.91 Å². The van der Waals surface area contributed by atoms with E-state index in [1.165, 1.54) is 0 Å².